The molecule has 0 spiro atoms. The number of hydrogen-bond donors (Lipinski definition) is 3. The molecule has 0 aromatic carbocycles. The molecule has 40 heavy (non-hydrogen) atoms. The first-order valence-electron chi connectivity index (χ1n) is 7.92. The van der Waals surface area contributed by atoms with Crippen LogP contribution in [0.2, 0.25) is 0 Å². The van der Waals surface area contributed by atoms with Crippen LogP contribution in [-0.2, 0) is 14.4 Å². The van der Waals surface area contributed by atoms with E-state index in [4.69, 9.17) is 15.3 Å². The summed E-state index contributed by atoms with van der Waals surface area (Å²) >= 11 is 0. The van der Waals surface area contributed by atoms with Gasteiger partial charge in [-0.15, -0.1) is 0 Å². The Morgan fingerprint density at radius 1 is 0.350 bits per heavy atom. The molecule has 1 radical (unpaired) electrons. The predicted octanol–water partition coefficient (Wildman–Crippen LogP) is 6.37. The second-order valence-corrected chi connectivity index (χ2v) is 5.67. The van der Waals surface area contributed by atoms with E-state index >= 15 is 0 Å². The molecule has 6 nitrogen and oxygen atoms in total. The minimum atomic E-state index is -5.42. The van der Waals surface area contributed by atoms with Gasteiger partial charge in [0.1, 0.15) is 0 Å². The second-order valence-electron chi connectivity index (χ2n) is 5.67. The summed E-state index contributed by atoms with van der Waals surface area (Å²) < 4.78 is 204. The van der Waals surface area contributed by atoms with Crippen LogP contribution in [0.25, 0.3) is 0 Å². The maximum absolute atomic E-state index is 11.4. The van der Waals surface area contributed by atoms with E-state index in [9.17, 15) is 93.4 Å². The van der Waals surface area contributed by atoms with Crippen molar-refractivity contribution in [3.05, 3.63) is 35.5 Å². The first-order chi connectivity index (χ1) is 16.6. The van der Waals surface area contributed by atoms with E-state index in [0.717, 1.165) is 0 Å². The minimum absolute atomic E-state index is 0. The monoisotopic (exact) mass is 765 g/mol. The maximum atomic E-state index is 11.4. The average molecular weight is 765 g/mol. The number of carbonyl (C=O) groups excluding carboxylic acids is 3. The van der Waals surface area contributed by atoms with E-state index < -0.39 is 89.9 Å². The van der Waals surface area contributed by atoms with Crippen LogP contribution in [0.1, 0.15) is 0 Å². The van der Waals surface area contributed by atoms with Gasteiger partial charge in [-0.05, 0) is 0 Å². The number of allylic oxidation sites excluding steroid dienone is 6. The first-order valence-corrected chi connectivity index (χ1v) is 7.92. The van der Waals surface area contributed by atoms with E-state index in [1.807, 2.05) is 0 Å². The number of halogens is 18. The summed E-state index contributed by atoms with van der Waals surface area (Å²) in [5, 5.41) is 23.8. The van der Waals surface area contributed by atoms with Crippen LogP contribution in [0.4, 0.5) is 79.0 Å². The number of aliphatic hydroxyl groups excluding tert-OH is 3. The molecule has 0 amide bonds. The maximum Gasteiger partial charge on any atom is 0.454 e. The topological polar surface area (TPSA) is 112 Å². The Hall–Kier alpha value is -2.27. The summed E-state index contributed by atoms with van der Waals surface area (Å²) in [4.78, 5) is 29.6. The predicted molar refractivity (Wildman–Crippen MR) is 83.5 cm³/mol. The summed E-state index contributed by atoms with van der Waals surface area (Å²) in [6.45, 7) is 0. The van der Waals surface area contributed by atoms with Crippen molar-refractivity contribution in [1.82, 2.24) is 0 Å². The molecule has 3 N–H and O–H groups in total. The van der Waals surface area contributed by atoms with Crippen molar-refractivity contribution in [2.45, 2.75) is 37.1 Å². The van der Waals surface area contributed by atoms with Crippen molar-refractivity contribution in [3.63, 3.8) is 0 Å². The molecular formula is C15H6F18O6Pr. The van der Waals surface area contributed by atoms with Gasteiger partial charge in [-0.1, -0.05) is 0 Å². The van der Waals surface area contributed by atoms with Gasteiger partial charge in [0.15, 0.2) is 0 Å². The number of ketones is 3. The van der Waals surface area contributed by atoms with Crippen LogP contribution in [0.3, 0.4) is 0 Å². The third-order valence-corrected chi connectivity index (χ3v) is 2.51. The van der Waals surface area contributed by atoms with Crippen LogP contribution in [0.5, 0.6) is 0 Å². The smallest absolute Gasteiger partial charge is 0.454 e. The van der Waals surface area contributed by atoms with Crippen LogP contribution in [-0.4, -0.2) is 69.7 Å². The van der Waals surface area contributed by atoms with Gasteiger partial charge in [-0.3, -0.25) is 14.4 Å². The molecule has 0 aliphatic heterocycles. The molecular weight excluding hydrogens is 759 g/mol. The summed E-state index contributed by atoms with van der Waals surface area (Å²) in [7, 11) is 0. The molecule has 25 heteroatoms. The van der Waals surface area contributed by atoms with Crippen molar-refractivity contribution in [2.24, 2.45) is 0 Å². The molecule has 0 saturated carbocycles. The number of aliphatic hydroxyl groups is 3. The Bertz CT molecular complexity index is 834. The fourth-order valence-corrected chi connectivity index (χ4v) is 0.864. The first kappa shape index (κ1) is 44.7. The van der Waals surface area contributed by atoms with E-state index in [1.165, 1.54) is 0 Å². The molecule has 0 rings (SSSR count). The molecule has 0 fully saturated rings. The van der Waals surface area contributed by atoms with Crippen molar-refractivity contribution in [2.75, 3.05) is 0 Å². The van der Waals surface area contributed by atoms with Crippen molar-refractivity contribution in [1.29, 1.82) is 0 Å². The summed E-state index contributed by atoms with van der Waals surface area (Å²) in [5.41, 5.74) is 0. The Balaban J connectivity index is -0.000000240. The standard InChI is InChI=1S/3C5H2F6O2.Pr/c3*6-4(7,8)2(12)1-3(13)5(9,10)11;/h3*1,12H;. The summed E-state index contributed by atoms with van der Waals surface area (Å²) in [6, 6.07) is 0. The normalized spacial score (nSPS) is 14.1. The van der Waals surface area contributed by atoms with Crippen LogP contribution < -0.4 is 0 Å². The van der Waals surface area contributed by atoms with E-state index in [1.54, 1.807) is 0 Å². The average Bonchev–Trinajstić information content (AvgIpc) is 2.64. The largest absolute Gasteiger partial charge is 0.504 e. The summed E-state index contributed by atoms with van der Waals surface area (Å²) in [5.74, 6) is -16.0. The van der Waals surface area contributed by atoms with Gasteiger partial charge in [0.25, 0.3) is 17.3 Å². The quantitative estimate of drug-likeness (QED) is 0.175. The van der Waals surface area contributed by atoms with Gasteiger partial charge in [0.05, 0.1) is 0 Å². The Kier molecular flexibility index (Phi) is 17.5. The number of hydrogen-bond acceptors (Lipinski definition) is 6. The van der Waals surface area contributed by atoms with E-state index in [-0.39, 0.29) is 41.3 Å². The fraction of sp³-hybridized carbons (Fsp3) is 0.400. The van der Waals surface area contributed by atoms with Crippen LogP contribution in [0, 0.1) is 41.3 Å². The van der Waals surface area contributed by atoms with Gasteiger partial charge >= 0.3 is 37.1 Å². The van der Waals surface area contributed by atoms with Crippen LogP contribution in [0.15, 0.2) is 35.5 Å². The van der Waals surface area contributed by atoms with Gasteiger partial charge < -0.3 is 15.3 Å². The van der Waals surface area contributed by atoms with Crippen LogP contribution >= 0.6 is 0 Å². The van der Waals surface area contributed by atoms with Gasteiger partial charge in [-0.25, -0.2) is 0 Å². The number of alkyl halides is 18. The van der Waals surface area contributed by atoms with E-state index in [0.29, 0.717) is 0 Å². The summed E-state index contributed by atoms with van der Waals surface area (Å²) in [6.07, 6.45) is -35.0. The van der Waals surface area contributed by atoms with Gasteiger partial charge in [0.2, 0.25) is 17.3 Å². The van der Waals surface area contributed by atoms with E-state index in [2.05, 4.69) is 0 Å². The van der Waals surface area contributed by atoms with Gasteiger partial charge in [-0.2, -0.15) is 79.0 Å². The molecule has 0 aliphatic carbocycles. The third-order valence-electron chi connectivity index (χ3n) is 2.51. The molecule has 231 valence electrons. The Morgan fingerprint density at radius 2 is 0.475 bits per heavy atom. The second kappa shape index (κ2) is 15.7. The molecule has 0 saturated heterocycles. The zero-order valence-corrected chi connectivity index (χ0v) is 21.4. The molecule has 0 aromatic heterocycles. The third kappa shape index (κ3) is 20.6. The van der Waals surface area contributed by atoms with Crippen molar-refractivity contribution >= 4 is 17.3 Å². The molecule has 0 bridgehead atoms. The Morgan fingerprint density at radius 3 is 0.550 bits per heavy atom. The molecule has 0 aliphatic rings. The Labute approximate surface area is 239 Å². The zero-order valence-electron chi connectivity index (χ0n) is 17.7. The number of rotatable bonds is 3. The number of carbonyl (C=O) groups is 3. The fourth-order valence-electron chi connectivity index (χ4n) is 0.864. The van der Waals surface area contributed by atoms with Crippen molar-refractivity contribution < 1.29 is 150 Å². The molecule has 0 heterocycles. The molecule has 0 aromatic rings. The molecule has 0 unspecified atom stereocenters. The minimum Gasteiger partial charge on any atom is -0.504 e. The zero-order chi connectivity index (χ0) is 32.6. The van der Waals surface area contributed by atoms with Gasteiger partial charge in [0, 0.05) is 59.5 Å². The SMILES string of the molecule is O=C(C=C(O)C(F)(F)F)C(F)(F)F.O=C(C=C(O)C(F)(F)F)C(F)(F)F.O=C(C=C(O)C(F)(F)F)C(F)(F)F.[Pr]. The molecule has 0 atom stereocenters. The van der Waals surface area contributed by atoms with Crippen molar-refractivity contribution in [3.8, 4) is 0 Å².